The number of rotatable bonds is 9. The van der Waals surface area contributed by atoms with Crippen LogP contribution >= 0.6 is 11.6 Å². The van der Waals surface area contributed by atoms with Gasteiger partial charge in [0.2, 0.25) is 21.9 Å². The predicted molar refractivity (Wildman–Crippen MR) is 159 cm³/mol. The van der Waals surface area contributed by atoms with Crippen LogP contribution in [0.3, 0.4) is 0 Å². The van der Waals surface area contributed by atoms with Crippen molar-refractivity contribution in [1.82, 2.24) is 14.5 Å². The summed E-state index contributed by atoms with van der Waals surface area (Å²) in [5.74, 6) is 0.589. The third-order valence-corrected chi connectivity index (χ3v) is 8.84. The number of halogens is 1. The molecule has 2 fully saturated rings. The van der Waals surface area contributed by atoms with E-state index in [2.05, 4.69) is 51.4 Å². The summed E-state index contributed by atoms with van der Waals surface area (Å²) in [6, 6.07) is 4.21. The molecule has 3 aliphatic heterocycles. The van der Waals surface area contributed by atoms with Crippen molar-refractivity contribution in [3.8, 4) is 5.75 Å². The molecule has 2 saturated heterocycles. The number of sulfonamides is 1. The number of nitrogens with one attached hydrogen (secondary N) is 3. The Hall–Kier alpha value is -2.84. The molecule has 4 rings (SSSR count). The molecule has 2 atom stereocenters. The molecule has 220 valence electrons. The van der Waals surface area contributed by atoms with Gasteiger partial charge in [0, 0.05) is 44.5 Å². The molecule has 0 bridgehead atoms. The van der Waals surface area contributed by atoms with E-state index in [1.165, 1.54) is 16.6 Å². The highest BCUT2D eigenvalue weighted by atomic mass is 35.5. The molecular weight excluding hydrogens is 558 g/mol. The molecule has 0 saturated carbocycles. The summed E-state index contributed by atoms with van der Waals surface area (Å²) in [5, 5.41) is 9.48. The van der Waals surface area contributed by atoms with Crippen LogP contribution in [-0.4, -0.2) is 102 Å². The normalized spacial score (nSPS) is 22.4. The van der Waals surface area contributed by atoms with Gasteiger partial charge in [-0.1, -0.05) is 18.2 Å². The van der Waals surface area contributed by atoms with Crippen LogP contribution in [0.15, 0.2) is 41.0 Å². The second-order valence-corrected chi connectivity index (χ2v) is 12.7. The monoisotopic (exact) mass is 595 g/mol. The van der Waals surface area contributed by atoms with E-state index in [4.69, 9.17) is 21.1 Å². The van der Waals surface area contributed by atoms with E-state index < -0.39 is 16.3 Å². The van der Waals surface area contributed by atoms with Gasteiger partial charge in [-0.15, -0.1) is 0 Å². The highest BCUT2D eigenvalue weighted by Crippen LogP contribution is 2.39. The molecule has 1 aromatic carbocycles. The third-order valence-electron chi connectivity index (χ3n) is 7.28. The molecule has 12 nitrogen and oxygen atoms in total. The van der Waals surface area contributed by atoms with Crippen molar-refractivity contribution in [2.24, 2.45) is 4.99 Å². The molecule has 0 aliphatic carbocycles. The van der Waals surface area contributed by atoms with Crippen LogP contribution in [0.25, 0.3) is 0 Å². The first-order valence-electron chi connectivity index (χ1n) is 13.1. The number of carbonyl (C=O) groups is 1. The molecule has 3 aliphatic rings. The molecule has 3 N–H and O–H groups in total. The maximum atomic E-state index is 12.3. The molecule has 1 aromatic rings. The van der Waals surface area contributed by atoms with Gasteiger partial charge >= 0.3 is 0 Å². The highest BCUT2D eigenvalue weighted by molar-refractivity contribution is 7.88. The van der Waals surface area contributed by atoms with Crippen molar-refractivity contribution in [2.75, 3.05) is 69.2 Å². The summed E-state index contributed by atoms with van der Waals surface area (Å²) in [6.07, 6.45) is 5.39. The maximum absolute atomic E-state index is 12.3. The molecule has 40 heavy (non-hydrogen) atoms. The zero-order chi connectivity index (χ0) is 29.0. The van der Waals surface area contributed by atoms with E-state index in [0.717, 1.165) is 31.6 Å². The number of nitrogens with zero attached hydrogens (tertiary/aromatic N) is 4. The average Bonchev–Trinajstić information content (AvgIpc) is 3.40. The zero-order valence-corrected chi connectivity index (χ0v) is 24.9. The third kappa shape index (κ3) is 7.26. The van der Waals surface area contributed by atoms with Crippen LogP contribution < -0.4 is 25.6 Å². The number of carbonyl (C=O) groups excluding carboxylic acids is 1. The summed E-state index contributed by atoms with van der Waals surface area (Å²) in [4.78, 5) is 21.4. The van der Waals surface area contributed by atoms with Gasteiger partial charge < -0.3 is 35.2 Å². The van der Waals surface area contributed by atoms with Crippen molar-refractivity contribution in [2.45, 2.75) is 37.6 Å². The summed E-state index contributed by atoms with van der Waals surface area (Å²) < 4.78 is 36.9. The van der Waals surface area contributed by atoms with Crippen LogP contribution in [0.4, 0.5) is 17.1 Å². The van der Waals surface area contributed by atoms with Gasteiger partial charge in [-0.25, -0.2) is 13.4 Å². The van der Waals surface area contributed by atoms with Crippen molar-refractivity contribution in [3.63, 3.8) is 0 Å². The molecule has 14 heteroatoms. The highest BCUT2D eigenvalue weighted by Gasteiger charge is 2.32. The molecular formula is C26H38ClN7O5S. The first kappa shape index (κ1) is 30.1. The number of piperidine rings is 1. The minimum absolute atomic E-state index is 0.249. The van der Waals surface area contributed by atoms with Crippen LogP contribution in [0.5, 0.6) is 5.75 Å². The minimum Gasteiger partial charge on any atom is -0.494 e. The smallest absolute Gasteiger partial charge is 0.247 e. The fraction of sp³-hybridized carbons (Fsp3) is 0.538. The van der Waals surface area contributed by atoms with Crippen molar-refractivity contribution < 1.29 is 22.7 Å². The van der Waals surface area contributed by atoms with Crippen molar-refractivity contribution >= 4 is 50.6 Å². The molecule has 0 spiro atoms. The number of methoxy groups -OCH3 is 1. The van der Waals surface area contributed by atoms with Crippen LogP contribution in [0.2, 0.25) is 0 Å². The Morgan fingerprint density at radius 2 is 1.95 bits per heavy atom. The Bertz CT molecular complexity index is 1280. The Balaban J connectivity index is 1.55. The lowest BCUT2D eigenvalue weighted by molar-refractivity contribution is -0.111. The number of guanidine groups is 1. The lowest BCUT2D eigenvalue weighted by Crippen LogP contribution is -2.42. The van der Waals surface area contributed by atoms with Gasteiger partial charge in [0.15, 0.2) is 6.23 Å². The minimum atomic E-state index is -3.29. The van der Waals surface area contributed by atoms with E-state index >= 15 is 0 Å². The van der Waals surface area contributed by atoms with E-state index in [-0.39, 0.29) is 18.6 Å². The van der Waals surface area contributed by atoms with Crippen LogP contribution in [-0.2, 0) is 19.6 Å². The second-order valence-electron chi connectivity index (χ2n) is 10.2. The summed E-state index contributed by atoms with van der Waals surface area (Å²) >= 11 is 6.37. The first-order valence-corrected chi connectivity index (χ1v) is 15.4. The molecule has 1 amide bonds. The SMILES string of the molecule is C=CC(=O)Nc1cc(NC2=NC(O[C@@H]3CCN(S(C)(=O)=O)C3)C(Cl)=CN2)c(OC)cc1N1CCC(N(C)C)CC1. The van der Waals surface area contributed by atoms with Crippen LogP contribution in [0.1, 0.15) is 19.3 Å². The Morgan fingerprint density at radius 3 is 2.55 bits per heavy atom. The maximum Gasteiger partial charge on any atom is 0.247 e. The van der Waals surface area contributed by atoms with Gasteiger partial charge in [-0.2, -0.15) is 4.31 Å². The number of amides is 1. The summed E-state index contributed by atoms with van der Waals surface area (Å²) in [5.41, 5.74) is 2.03. The largest absolute Gasteiger partial charge is 0.494 e. The van der Waals surface area contributed by atoms with Crippen LogP contribution in [0, 0.1) is 0 Å². The quantitative estimate of drug-likeness (QED) is 0.368. The number of aliphatic imine (C=N–C) groups is 1. The van der Waals surface area contributed by atoms with E-state index in [0.29, 0.717) is 47.1 Å². The first-order chi connectivity index (χ1) is 19.0. The number of hydrogen-bond acceptors (Lipinski definition) is 10. The fourth-order valence-corrected chi connectivity index (χ4v) is 6.04. The number of benzene rings is 1. The summed E-state index contributed by atoms with van der Waals surface area (Å²) in [7, 11) is 2.48. The summed E-state index contributed by atoms with van der Waals surface area (Å²) in [6.45, 7) is 5.90. The average molecular weight is 596 g/mol. The molecule has 0 radical (unpaired) electrons. The van der Waals surface area contributed by atoms with Crippen molar-refractivity contribution in [3.05, 3.63) is 36.0 Å². The van der Waals surface area contributed by atoms with E-state index in [9.17, 15) is 13.2 Å². The lowest BCUT2D eigenvalue weighted by Gasteiger charge is -2.37. The van der Waals surface area contributed by atoms with Crippen molar-refractivity contribution in [1.29, 1.82) is 0 Å². The number of hydrogen-bond donors (Lipinski definition) is 3. The Morgan fingerprint density at radius 1 is 1.23 bits per heavy atom. The van der Waals surface area contributed by atoms with Gasteiger partial charge in [0.05, 0.1) is 41.6 Å². The van der Waals surface area contributed by atoms with Gasteiger partial charge in [-0.3, -0.25) is 4.79 Å². The molecule has 1 unspecified atom stereocenters. The lowest BCUT2D eigenvalue weighted by atomic mass is 10.0. The second kappa shape index (κ2) is 12.8. The van der Waals surface area contributed by atoms with Gasteiger partial charge in [-0.05, 0) is 45.5 Å². The van der Waals surface area contributed by atoms with E-state index in [1.807, 2.05) is 6.07 Å². The number of ether oxygens (including phenoxy) is 2. The van der Waals surface area contributed by atoms with Gasteiger partial charge in [0.25, 0.3) is 0 Å². The Labute approximate surface area is 241 Å². The molecule has 0 aromatic heterocycles. The zero-order valence-electron chi connectivity index (χ0n) is 23.3. The number of anilines is 3. The fourth-order valence-electron chi connectivity index (χ4n) is 5.01. The topological polar surface area (TPSA) is 128 Å². The Kier molecular flexibility index (Phi) is 9.62. The van der Waals surface area contributed by atoms with E-state index in [1.54, 1.807) is 19.4 Å². The standard InChI is InChI=1S/C26H38ClN7O5S/c1-6-24(35)29-20-13-21(23(38-4)14-22(20)33-10-7-17(8-11-33)32(2)3)30-26-28-15-19(27)25(31-26)39-18-9-12-34(16-18)40(5,36)37/h6,13-15,17-18,25H,1,7-12,16H2,2-5H3,(H,29,35)(H2,28,30,31)/t18-,25?/m1/s1. The van der Waals surface area contributed by atoms with Gasteiger partial charge in [0.1, 0.15) is 5.75 Å². The molecule has 3 heterocycles. The predicted octanol–water partition coefficient (Wildman–Crippen LogP) is 2.18.